The zero-order valence-corrected chi connectivity index (χ0v) is 47.7. The molecule has 6 aromatic rings. The topological polar surface area (TPSA) is 230 Å². The van der Waals surface area contributed by atoms with Crippen molar-refractivity contribution >= 4 is 52.5 Å². The molecule has 19 heteroatoms. The maximum Gasteiger partial charge on any atom is 0.271 e. The van der Waals surface area contributed by atoms with Gasteiger partial charge in [0.05, 0.1) is 46.2 Å². The summed E-state index contributed by atoms with van der Waals surface area (Å²) in [5.74, 6) is -0.603. The molecule has 0 spiro atoms. The fourth-order valence-corrected chi connectivity index (χ4v) is 11.2. The van der Waals surface area contributed by atoms with Crippen LogP contribution in [0, 0.1) is 26.2 Å². The molecule has 8 rings (SSSR count). The fraction of sp³-hybridized carbons (Fsp3) is 0.467. The molecule has 7 heterocycles. The molecule has 0 aliphatic carbocycles. The van der Waals surface area contributed by atoms with Crippen molar-refractivity contribution in [2.75, 3.05) is 18.4 Å². The predicted molar refractivity (Wildman–Crippen MR) is 306 cm³/mol. The second-order valence-electron chi connectivity index (χ2n) is 22.3. The first kappa shape index (κ1) is 57.8. The number of hydrogen-bond donors (Lipinski definition) is 5. The number of fused-ring (bicyclic) bond motifs is 1. The molecule has 79 heavy (non-hydrogen) atoms. The van der Waals surface area contributed by atoms with Gasteiger partial charge in [0.15, 0.2) is 0 Å². The Bertz CT molecular complexity index is 3110. The molecule has 5 amide bonds. The van der Waals surface area contributed by atoms with E-state index in [0.29, 0.717) is 50.5 Å². The number of β-amino-alcohol motifs (C(OH)–C–C–N with tert-alkyl or cyclic N) is 1. The molecule has 1 aromatic carbocycles. The molecule has 5 atom stereocenters. The van der Waals surface area contributed by atoms with Gasteiger partial charge in [-0.25, -0.2) is 15.0 Å². The number of hydrogen-bond acceptors (Lipinski definition) is 13. The molecular weight excluding hydrogens is 1020 g/mol. The van der Waals surface area contributed by atoms with Crippen molar-refractivity contribution in [1.29, 1.82) is 0 Å². The number of pyridine rings is 2. The Hall–Kier alpha value is -7.38. The number of unbranched alkanes of at least 4 members (excludes halogenated alkanes) is 5. The summed E-state index contributed by atoms with van der Waals surface area (Å²) >= 11 is 1.58. The van der Waals surface area contributed by atoms with Crippen LogP contribution in [-0.4, -0.2) is 111 Å². The third kappa shape index (κ3) is 15.1. The Morgan fingerprint density at radius 3 is 2.28 bits per heavy atom. The number of carbonyl (C=O) groups excluding carboxylic acids is 5. The maximum absolute atomic E-state index is 14.1. The molecule has 18 nitrogen and oxygen atoms in total. The van der Waals surface area contributed by atoms with Crippen LogP contribution in [0.5, 0.6) is 0 Å². The monoisotopic (exact) mass is 1090 g/mol. The zero-order chi connectivity index (χ0) is 56.4. The summed E-state index contributed by atoms with van der Waals surface area (Å²) in [4.78, 5) is 94.8. The van der Waals surface area contributed by atoms with Crippen molar-refractivity contribution in [3.05, 3.63) is 124 Å². The number of benzene rings is 1. The summed E-state index contributed by atoms with van der Waals surface area (Å²) in [7, 11) is 0. The van der Waals surface area contributed by atoms with E-state index in [1.807, 2.05) is 130 Å². The van der Waals surface area contributed by atoms with Crippen molar-refractivity contribution in [2.24, 2.45) is 5.41 Å². The lowest BCUT2D eigenvalue weighted by atomic mass is 9.85. The van der Waals surface area contributed by atoms with Crippen molar-refractivity contribution in [3.63, 3.8) is 0 Å². The summed E-state index contributed by atoms with van der Waals surface area (Å²) in [6.45, 7) is 17.0. The number of nitrogens with one attached hydrogen (secondary N) is 4. The zero-order valence-electron chi connectivity index (χ0n) is 46.8. The molecule has 5 unspecified atom stereocenters. The van der Waals surface area contributed by atoms with Crippen LogP contribution in [0.25, 0.3) is 21.7 Å². The van der Waals surface area contributed by atoms with Gasteiger partial charge in [-0.15, -0.1) is 11.3 Å². The first-order valence-electron chi connectivity index (χ1n) is 27.7. The van der Waals surface area contributed by atoms with Gasteiger partial charge in [0.2, 0.25) is 29.6 Å². The number of nitrogens with zero attached hydrogens (tertiary/aromatic N) is 8. The maximum atomic E-state index is 14.1. The largest absolute Gasteiger partial charge is 0.391 e. The Balaban J connectivity index is 0.715. The third-order valence-electron chi connectivity index (χ3n) is 14.8. The van der Waals surface area contributed by atoms with E-state index in [2.05, 4.69) is 48.1 Å². The van der Waals surface area contributed by atoms with Crippen LogP contribution in [0.4, 0.5) is 11.6 Å². The normalized spacial score (nSPS) is 17.0. The van der Waals surface area contributed by atoms with E-state index in [9.17, 15) is 29.1 Å². The summed E-state index contributed by atoms with van der Waals surface area (Å²) in [5.41, 5.74) is 10.5. The number of anilines is 2. The first-order chi connectivity index (χ1) is 37.8. The predicted octanol–water partition coefficient (Wildman–Crippen LogP) is 8.72. The van der Waals surface area contributed by atoms with Crippen LogP contribution in [0.3, 0.4) is 0 Å². The molecule has 0 radical (unpaired) electrons. The lowest BCUT2D eigenvalue weighted by molar-refractivity contribution is -0.144. The molecule has 418 valence electrons. The van der Waals surface area contributed by atoms with Crippen molar-refractivity contribution < 1.29 is 29.1 Å². The fourth-order valence-electron chi connectivity index (χ4n) is 10.4. The summed E-state index contributed by atoms with van der Waals surface area (Å²) in [6, 6.07) is 17.4. The van der Waals surface area contributed by atoms with Crippen LogP contribution in [0.15, 0.2) is 84.8 Å². The van der Waals surface area contributed by atoms with Gasteiger partial charge < -0.3 is 40.7 Å². The van der Waals surface area contributed by atoms with Crippen LogP contribution in [-0.2, 0) is 38.7 Å². The van der Waals surface area contributed by atoms with Crippen LogP contribution < -0.4 is 21.3 Å². The molecule has 2 aliphatic rings. The second kappa shape index (κ2) is 26.1. The molecule has 0 bridgehead atoms. The average molecular weight is 1090 g/mol. The van der Waals surface area contributed by atoms with Crippen LogP contribution in [0.1, 0.15) is 143 Å². The molecule has 2 aliphatic heterocycles. The highest BCUT2D eigenvalue weighted by atomic mass is 32.1. The molecule has 5 N–H and O–H groups in total. The van der Waals surface area contributed by atoms with Crippen molar-refractivity contribution in [2.45, 2.75) is 163 Å². The van der Waals surface area contributed by atoms with E-state index in [0.717, 1.165) is 93.4 Å². The number of aliphatic hydroxyl groups is 1. The Morgan fingerprint density at radius 1 is 0.835 bits per heavy atom. The number of aryl methyl sites for hydroxylation is 3. The van der Waals surface area contributed by atoms with E-state index in [4.69, 9.17) is 4.98 Å². The Kier molecular flexibility index (Phi) is 19.1. The molecule has 5 aromatic heterocycles. The van der Waals surface area contributed by atoms with E-state index >= 15 is 0 Å². The highest BCUT2D eigenvalue weighted by Gasteiger charge is 2.45. The number of amides is 5. The smallest absolute Gasteiger partial charge is 0.271 e. The van der Waals surface area contributed by atoms with E-state index in [1.54, 1.807) is 23.7 Å². The molecule has 1 fully saturated rings. The van der Waals surface area contributed by atoms with Crippen LogP contribution >= 0.6 is 11.3 Å². The van der Waals surface area contributed by atoms with Gasteiger partial charge in [-0.1, -0.05) is 76.8 Å². The van der Waals surface area contributed by atoms with Gasteiger partial charge >= 0.3 is 0 Å². The standard InChI is InChI=1S/C60H76N12O6S/c1-37-31-63-59(69-53(37)44-28-50-57(77)71(39(3)32-70(50)33-44)34-47-17-15-16-38(2)65-47)67-46-25-26-61-45(29-46)24-27-62-51(74)18-13-11-9-10-12-14-19-52(75)68-55(60(6,7)8)58(78)72-35-48(73)30-49(72)56(76)66-40(4)42-20-22-43(23-21-42)54-41(5)64-36-79-54/h15-17,20-23,25-26,28-29,31,33,36,39-40,48-49,55,73H,9-14,18-19,24,27,30,32,34-35H2,1-8H3,(H,62,74)(H,66,76)(H,68,75)(H,61,63,67,69). The number of thiazole rings is 1. The lowest BCUT2D eigenvalue weighted by Crippen LogP contribution is -2.57. The number of rotatable bonds is 23. The molecular formula is C60H76N12O6S. The van der Waals surface area contributed by atoms with E-state index < -0.39 is 23.6 Å². The minimum absolute atomic E-state index is 0.00929. The van der Waals surface area contributed by atoms with Gasteiger partial charge in [0, 0.05) is 92.6 Å². The van der Waals surface area contributed by atoms with E-state index in [1.165, 1.54) is 4.90 Å². The van der Waals surface area contributed by atoms with Crippen molar-refractivity contribution in [3.8, 4) is 21.7 Å². The van der Waals surface area contributed by atoms with Gasteiger partial charge in [0.1, 0.15) is 17.8 Å². The van der Waals surface area contributed by atoms with Gasteiger partial charge in [-0.05, 0) is 99.9 Å². The second-order valence-corrected chi connectivity index (χ2v) is 23.2. The minimum Gasteiger partial charge on any atom is -0.391 e. The third-order valence-corrected chi connectivity index (χ3v) is 15.8. The lowest BCUT2D eigenvalue weighted by Gasteiger charge is -2.35. The number of likely N-dealkylation sites (tertiary alicyclic amines) is 1. The van der Waals surface area contributed by atoms with Gasteiger partial charge in [-0.3, -0.25) is 33.9 Å². The first-order valence-corrected chi connectivity index (χ1v) is 28.5. The number of carbonyl (C=O) groups is 5. The summed E-state index contributed by atoms with van der Waals surface area (Å²) in [5, 5.41) is 23.0. The van der Waals surface area contributed by atoms with Gasteiger partial charge in [0.25, 0.3) is 5.91 Å². The average Bonchev–Trinajstić information content (AvgIpc) is 4.33. The number of aliphatic hydroxyl groups excluding tert-OH is 1. The molecule has 1 saturated heterocycles. The summed E-state index contributed by atoms with van der Waals surface area (Å²) in [6.07, 6.45) is 10.9. The molecule has 0 saturated carbocycles. The number of aromatic nitrogens is 6. The highest BCUT2D eigenvalue weighted by Crippen LogP contribution is 2.32. The van der Waals surface area contributed by atoms with Gasteiger partial charge in [-0.2, -0.15) is 0 Å². The van der Waals surface area contributed by atoms with Crippen LogP contribution in [0.2, 0.25) is 0 Å². The van der Waals surface area contributed by atoms with E-state index in [-0.39, 0.29) is 61.0 Å². The minimum atomic E-state index is -0.886. The quantitative estimate of drug-likeness (QED) is 0.0380. The SMILES string of the molecule is Cc1cccc(CN2C(=O)c3cc(-c4nc(Nc5ccnc(CCNC(=O)CCCCCCCCC(=O)NC(C(=O)N6CC(O)CC6C(=O)NC(C)c6ccc(-c7scnc7C)cc6)C(C)(C)C)c5)ncc4C)cn3CC2C)n1. The summed E-state index contributed by atoms with van der Waals surface area (Å²) < 4.78 is 2.01. The Labute approximate surface area is 467 Å². The van der Waals surface area contributed by atoms with Crippen molar-refractivity contribution in [1.82, 2.24) is 55.2 Å². The Morgan fingerprint density at radius 2 is 1.57 bits per heavy atom. The highest BCUT2D eigenvalue weighted by molar-refractivity contribution is 7.13.